The monoisotopic (exact) mass is 1100 g/mol. The minimum Gasteiger partial charge on any atom is -0.481 e. The van der Waals surface area contributed by atoms with Crippen molar-refractivity contribution in [3.63, 3.8) is 0 Å². The molecule has 2 aromatic carbocycles. The predicted molar refractivity (Wildman–Crippen MR) is 307 cm³/mol. The van der Waals surface area contributed by atoms with Crippen LogP contribution in [0.3, 0.4) is 0 Å². The highest BCUT2D eigenvalue weighted by Crippen LogP contribution is 2.49. The molecule has 6 heterocycles. The molecule has 4 aromatic rings. The van der Waals surface area contributed by atoms with Gasteiger partial charge in [0.2, 0.25) is 0 Å². The van der Waals surface area contributed by atoms with Crippen LogP contribution in [0.15, 0.2) is 68.4 Å². The van der Waals surface area contributed by atoms with Gasteiger partial charge in [-0.05, 0) is 152 Å². The van der Waals surface area contributed by atoms with Crippen LogP contribution in [0, 0.1) is 23.7 Å². The third-order valence-corrected chi connectivity index (χ3v) is 19.7. The molecule has 18 heteroatoms. The first-order valence-corrected chi connectivity index (χ1v) is 30.6. The number of aliphatic carboxylic acids is 1. The van der Waals surface area contributed by atoms with Crippen molar-refractivity contribution >= 4 is 51.3 Å². The van der Waals surface area contributed by atoms with Crippen LogP contribution in [0.4, 0.5) is 0 Å². The summed E-state index contributed by atoms with van der Waals surface area (Å²) in [7, 11) is 0. The zero-order valence-electron chi connectivity index (χ0n) is 47.0. The van der Waals surface area contributed by atoms with Crippen molar-refractivity contribution in [3.05, 3.63) is 80.6 Å². The Kier molecular flexibility index (Phi) is 17.2. The van der Waals surface area contributed by atoms with Crippen LogP contribution >= 0.6 is 0 Å². The molecule has 8 aliphatic rings. The van der Waals surface area contributed by atoms with Gasteiger partial charge in [-0.15, -0.1) is 0 Å². The van der Waals surface area contributed by atoms with Crippen LogP contribution in [-0.4, -0.2) is 112 Å². The van der Waals surface area contributed by atoms with Gasteiger partial charge >= 0.3 is 5.97 Å². The maximum atomic E-state index is 14.2. The molecule has 4 saturated heterocycles. The van der Waals surface area contributed by atoms with E-state index in [1.54, 1.807) is 0 Å². The highest BCUT2D eigenvalue weighted by molar-refractivity contribution is 6.44. The molecule has 12 atom stereocenters. The predicted octanol–water partition coefficient (Wildman–Crippen LogP) is 8.92. The number of carbonyl (C=O) groups excluding carboxylic acids is 2. The van der Waals surface area contributed by atoms with Gasteiger partial charge in [0, 0.05) is 54.8 Å². The molecule has 80 heavy (non-hydrogen) atoms. The number of carboxylic acid groups (broad SMARTS) is 1. The molecule has 2 amide bonds. The molecule has 430 valence electrons. The van der Waals surface area contributed by atoms with E-state index in [-0.39, 0.29) is 48.0 Å². The number of aromatic nitrogens is 4. The van der Waals surface area contributed by atoms with Crippen molar-refractivity contribution in [1.82, 2.24) is 28.9 Å². The number of carbonyl (C=O) groups is 3. The first-order valence-electron chi connectivity index (χ1n) is 30.6. The smallest absolute Gasteiger partial charge is 0.303 e. The quantitative estimate of drug-likeness (QED) is 0.0747. The summed E-state index contributed by atoms with van der Waals surface area (Å²) in [6.07, 6.45) is 28.8. The van der Waals surface area contributed by atoms with E-state index >= 15 is 0 Å². The van der Waals surface area contributed by atoms with Crippen LogP contribution < -0.4 is 22.6 Å². The van der Waals surface area contributed by atoms with Crippen molar-refractivity contribution in [2.45, 2.75) is 229 Å². The number of nitrogens with zero attached hydrogens (tertiary/aromatic N) is 8. The third-order valence-electron chi connectivity index (χ3n) is 19.7. The Bertz CT molecular complexity index is 3040. The summed E-state index contributed by atoms with van der Waals surface area (Å²) in [5, 5.41) is 17.3. The fourth-order valence-electron chi connectivity index (χ4n) is 16.8. The zero-order valence-corrected chi connectivity index (χ0v) is 47.0. The molecule has 4 aliphatic heterocycles. The summed E-state index contributed by atoms with van der Waals surface area (Å²) in [6, 6.07) is 18.6. The Morgan fingerprint density at radius 3 is 1.46 bits per heavy atom. The number of fused-ring (bicyclic) bond motifs is 10. The number of primary amides is 2. The second kappa shape index (κ2) is 24.6. The summed E-state index contributed by atoms with van der Waals surface area (Å²) < 4.78 is 3.78. The average molecular weight is 1100 g/mol. The SMILES string of the molecule is CC(C)O/N=C(\CCC(=O)O)c1nc2ccccc2n(C2C[C@H]3CC[C@@H](C2)N3C2C[C@H]3CCCC[C@@H](C2)C3)c1=O.NC(=O)CO/N=C(\C(N)=O)c1nc2ccccc2n(C2C[C@H]3CCC[C@@H](C2)N3C2C[C@H]3CCCC[C@@H](C2)C3)c1=O. The number of piperidine rings is 3. The summed E-state index contributed by atoms with van der Waals surface area (Å²) in [5.41, 5.74) is 13.0. The highest BCUT2D eigenvalue weighted by Gasteiger charge is 2.48. The second-order valence-corrected chi connectivity index (χ2v) is 25.4. The van der Waals surface area contributed by atoms with E-state index in [4.69, 9.17) is 26.1 Å². The standard InChI is InChI=1S/C32H44N4O4.C30H40N6O4/c1-20(2)40-34-28(13-14-30(37)38)31-32(39)36(29-10-6-5-9-27(29)33-31)26-18-23-11-12-24(19-26)35(23)25-16-21-7-3-4-8-22(15-21)17-25;31-26(37)17-40-34-27(29(32)38)28-30(39)36(25-11-4-3-10-24(25)33-28)23-15-20-8-5-9-21(16-23)35(20)22-13-18-6-1-2-7-19(12-18)14-22/h5-6,9-10,20-26H,3-4,7-8,11-19H2,1-2H3,(H,37,38);3-4,10-11,18-23H,1-2,5-9,12-17H2,(H2,31,37)(H2,32,38)/b34-28+;34-27-/t21-,22+,23-,24+,25?,26?;18-,19+,20-,21+,22?,23?. The van der Waals surface area contributed by atoms with E-state index in [0.717, 1.165) is 78.7 Å². The second-order valence-electron chi connectivity index (χ2n) is 25.4. The molecule has 4 unspecified atom stereocenters. The Morgan fingerprint density at radius 1 is 0.562 bits per heavy atom. The summed E-state index contributed by atoms with van der Waals surface area (Å²) in [4.78, 5) is 88.5. The maximum Gasteiger partial charge on any atom is 0.303 e. The number of amides is 2. The Balaban J connectivity index is 0.000000169. The van der Waals surface area contributed by atoms with Crippen molar-refractivity contribution in [2.75, 3.05) is 6.61 Å². The summed E-state index contributed by atoms with van der Waals surface area (Å²) in [6.45, 7) is 3.17. The maximum absolute atomic E-state index is 14.2. The average Bonchev–Trinajstić information content (AvgIpc) is 3.55. The molecule has 4 saturated carbocycles. The van der Waals surface area contributed by atoms with Crippen molar-refractivity contribution in [1.29, 1.82) is 0 Å². The number of nitrogens with two attached hydrogens (primary N) is 2. The Hall–Kier alpha value is -6.01. The molecule has 2 aromatic heterocycles. The van der Waals surface area contributed by atoms with E-state index in [9.17, 15) is 29.1 Å². The highest BCUT2D eigenvalue weighted by atomic mass is 16.6. The molecule has 5 N–H and O–H groups in total. The van der Waals surface area contributed by atoms with Crippen LogP contribution in [0.25, 0.3) is 22.1 Å². The number of para-hydroxylation sites is 4. The van der Waals surface area contributed by atoms with Crippen LogP contribution in [0.2, 0.25) is 0 Å². The summed E-state index contributed by atoms with van der Waals surface area (Å²) >= 11 is 0. The van der Waals surface area contributed by atoms with Gasteiger partial charge in [0.1, 0.15) is 11.8 Å². The molecular weight excluding hydrogens is 1010 g/mol. The van der Waals surface area contributed by atoms with Crippen molar-refractivity contribution in [3.8, 4) is 0 Å². The van der Waals surface area contributed by atoms with Gasteiger partial charge in [-0.25, -0.2) is 9.97 Å². The molecule has 12 rings (SSSR count). The Labute approximate surface area is 469 Å². The van der Waals surface area contributed by atoms with Crippen LogP contribution in [0.1, 0.15) is 198 Å². The molecule has 8 fully saturated rings. The van der Waals surface area contributed by atoms with E-state index in [1.165, 1.54) is 109 Å². The molecule has 0 radical (unpaired) electrons. The van der Waals surface area contributed by atoms with Crippen molar-refractivity contribution in [2.24, 2.45) is 45.5 Å². The molecule has 8 bridgehead atoms. The number of hydrogen-bond donors (Lipinski definition) is 3. The largest absolute Gasteiger partial charge is 0.481 e. The third kappa shape index (κ3) is 12.1. The van der Waals surface area contributed by atoms with Gasteiger partial charge in [0.25, 0.3) is 22.9 Å². The number of oxime groups is 2. The van der Waals surface area contributed by atoms with Gasteiger partial charge in [-0.1, -0.05) is 92.4 Å². The zero-order chi connectivity index (χ0) is 55.6. The Morgan fingerprint density at radius 2 is 1.01 bits per heavy atom. The van der Waals surface area contributed by atoms with E-state index in [2.05, 4.69) is 25.1 Å². The number of benzene rings is 2. The summed E-state index contributed by atoms with van der Waals surface area (Å²) in [5.74, 6) is 0.867. The topological polar surface area (TPSA) is 243 Å². The normalized spacial score (nSPS) is 30.9. The van der Waals surface area contributed by atoms with Gasteiger partial charge < -0.3 is 35.4 Å². The fourth-order valence-corrected chi connectivity index (χ4v) is 16.8. The first-order chi connectivity index (χ1) is 38.8. The fraction of sp³-hybridized carbons (Fsp3) is 0.661. The van der Waals surface area contributed by atoms with Crippen LogP contribution in [0.5, 0.6) is 0 Å². The van der Waals surface area contributed by atoms with Gasteiger partial charge in [-0.3, -0.25) is 33.8 Å². The lowest BCUT2D eigenvalue weighted by Crippen LogP contribution is -2.58. The number of rotatable bonds is 15. The van der Waals surface area contributed by atoms with Gasteiger partial charge in [0.15, 0.2) is 23.7 Å². The molecular formula is C62H84N10O8. The van der Waals surface area contributed by atoms with E-state index < -0.39 is 35.7 Å². The van der Waals surface area contributed by atoms with Gasteiger partial charge in [0.05, 0.1) is 28.5 Å². The lowest BCUT2D eigenvalue weighted by atomic mass is 9.73. The van der Waals surface area contributed by atoms with E-state index in [1.807, 2.05) is 71.5 Å². The van der Waals surface area contributed by atoms with Crippen LogP contribution in [-0.2, 0) is 24.1 Å². The lowest BCUT2D eigenvalue weighted by Gasteiger charge is -2.54. The van der Waals surface area contributed by atoms with Gasteiger partial charge in [-0.2, -0.15) is 0 Å². The molecule has 18 nitrogen and oxygen atoms in total. The number of hydrogen-bond acceptors (Lipinski definition) is 13. The first kappa shape index (κ1) is 55.9. The minimum absolute atomic E-state index is 0.0303. The van der Waals surface area contributed by atoms with E-state index in [0.29, 0.717) is 47.5 Å². The number of carboxylic acids is 1. The molecule has 4 aliphatic carbocycles. The molecule has 0 spiro atoms. The minimum atomic E-state index is -0.957. The van der Waals surface area contributed by atoms with Crippen molar-refractivity contribution < 1.29 is 29.2 Å². The lowest BCUT2D eigenvalue weighted by molar-refractivity contribution is -0.136.